The van der Waals surface area contributed by atoms with Crippen molar-refractivity contribution in [1.82, 2.24) is 0 Å². The molecule has 0 aromatic heterocycles. The first-order valence-electron chi connectivity index (χ1n) is 6.68. The number of carbonyl (C=O) groups excluding carboxylic acids is 1. The standard InChI is InChI=1S/C13H23F3O3/c1-10(17)19-9-7-5-3-2-4-6-8-11(14)12(15)13(16)18/h11-13,18H,2-9H2,1H3. The van der Waals surface area contributed by atoms with Crippen LogP contribution in [0.5, 0.6) is 0 Å². The summed E-state index contributed by atoms with van der Waals surface area (Å²) in [6.45, 7) is 1.78. The smallest absolute Gasteiger partial charge is 0.302 e. The number of alkyl halides is 3. The van der Waals surface area contributed by atoms with Crippen LogP contribution in [-0.2, 0) is 9.53 Å². The molecule has 3 unspecified atom stereocenters. The molecule has 0 bridgehead atoms. The second kappa shape index (κ2) is 11.1. The number of ether oxygens (including phenoxy) is 1. The summed E-state index contributed by atoms with van der Waals surface area (Å²) < 4.78 is 42.4. The lowest BCUT2D eigenvalue weighted by atomic mass is 10.1. The molecule has 114 valence electrons. The summed E-state index contributed by atoms with van der Waals surface area (Å²) in [6, 6.07) is 0. The first-order valence-corrected chi connectivity index (χ1v) is 6.68. The predicted octanol–water partition coefficient (Wildman–Crippen LogP) is 3.24. The quantitative estimate of drug-likeness (QED) is 0.468. The average molecular weight is 284 g/mol. The number of halogens is 3. The summed E-state index contributed by atoms with van der Waals surface area (Å²) in [4.78, 5) is 10.5. The molecule has 0 aliphatic carbocycles. The highest BCUT2D eigenvalue weighted by molar-refractivity contribution is 5.65. The Balaban J connectivity index is 3.29. The van der Waals surface area contributed by atoms with E-state index < -0.39 is 18.7 Å². The van der Waals surface area contributed by atoms with Crippen LogP contribution >= 0.6 is 0 Å². The van der Waals surface area contributed by atoms with E-state index in [1.54, 1.807) is 0 Å². The normalized spacial score (nSPS) is 15.8. The molecule has 0 spiro atoms. The molecule has 1 N–H and O–H groups in total. The average Bonchev–Trinajstić information content (AvgIpc) is 2.35. The summed E-state index contributed by atoms with van der Waals surface area (Å²) in [5, 5.41) is 8.24. The Morgan fingerprint density at radius 2 is 1.58 bits per heavy atom. The van der Waals surface area contributed by atoms with E-state index in [-0.39, 0.29) is 12.4 Å². The molecule has 0 saturated carbocycles. The zero-order chi connectivity index (χ0) is 14.7. The Labute approximate surface area is 112 Å². The van der Waals surface area contributed by atoms with E-state index in [0.29, 0.717) is 13.0 Å². The number of aliphatic hydroxyl groups is 1. The molecule has 0 aliphatic heterocycles. The van der Waals surface area contributed by atoms with Gasteiger partial charge in [0.1, 0.15) is 6.17 Å². The number of carbonyl (C=O) groups is 1. The van der Waals surface area contributed by atoms with E-state index in [2.05, 4.69) is 0 Å². The van der Waals surface area contributed by atoms with Crippen molar-refractivity contribution in [3.63, 3.8) is 0 Å². The maximum absolute atomic E-state index is 13.0. The van der Waals surface area contributed by atoms with Crippen molar-refractivity contribution >= 4 is 5.97 Å². The van der Waals surface area contributed by atoms with Gasteiger partial charge in [-0.05, 0) is 12.8 Å². The lowest BCUT2D eigenvalue weighted by Gasteiger charge is -2.13. The van der Waals surface area contributed by atoms with Crippen molar-refractivity contribution in [2.75, 3.05) is 6.61 Å². The van der Waals surface area contributed by atoms with Crippen LogP contribution in [0.25, 0.3) is 0 Å². The van der Waals surface area contributed by atoms with Crippen LogP contribution in [0.3, 0.4) is 0 Å². The molecule has 0 aromatic rings. The fourth-order valence-corrected chi connectivity index (χ4v) is 1.70. The van der Waals surface area contributed by atoms with Gasteiger partial charge in [-0.2, -0.15) is 0 Å². The van der Waals surface area contributed by atoms with E-state index in [1.165, 1.54) is 6.92 Å². The summed E-state index contributed by atoms with van der Waals surface area (Å²) in [7, 11) is 0. The molecule has 0 aliphatic rings. The van der Waals surface area contributed by atoms with Crippen molar-refractivity contribution < 1.29 is 27.8 Å². The maximum atomic E-state index is 13.0. The molecular formula is C13H23F3O3. The van der Waals surface area contributed by atoms with E-state index in [4.69, 9.17) is 9.84 Å². The van der Waals surface area contributed by atoms with Crippen molar-refractivity contribution in [3.05, 3.63) is 0 Å². The van der Waals surface area contributed by atoms with Gasteiger partial charge in [-0.15, -0.1) is 0 Å². The van der Waals surface area contributed by atoms with Crippen LogP contribution in [-0.4, -0.2) is 36.4 Å². The molecule has 19 heavy (non-hydrogen) atoms. The third-order valence-electron chi connectivity index (χ3n) is 2.79. The number of rotatable bonds is 11. The van der Waals surface area contributed by atoms with Gasteiger partial charge in [0.2, 0.25) is 6.36 Å². The molecule has 3 atom stereocenters. The maximum Gasteiger partial charge on any atom is 0.302 e. The molecule has 0 fully saturated rings. The van der Waals surface area contributed by atoms with Gasteiger partial charge in [0, 0.05) is 6.92 Å². The highest BCUT2D eigenvalue weighted by atomic mass is 19.2. The second-order valence-electron chi connectivity index (χ2n) is 4.58. The van der Waals surface area contributed by atoms with Gasteiger partial charge in [0.25, 0.3) is 0 Å². The minimum atomic E-state index is -2.74. The molecule has 0 rings (SSSR count). The monoisotopic (exact) mass is 284 g/mol. The van der Waals surface area contributed by atoms with Crippen LogP contribution in [0.1, 0.15) is 51.9 Å². The van der Waals surface area contributed by atoms with Crippen LogP contribution in [0, 0.1) is 0 Å². The number of unbranched alkanes of at least 4 members (excludes halogenated alkanes) is 5. The fraction of sp³-hybridized carbons (Fsp3) is 0.923. The topological polar surface area (TPSA) is 46.5 Å². The Morgan fingerprint density at radius 1 is 1.05 bits per heavy atom. The molecule has 0 saturated heterocycles. The van der Waals surface area contributed by atoms with Gasteiger partial charge in [-0.25, -0.2) is 13.2 Å². The minimum Gasteiger partial charge on any atom is -0.466 e. The van der Waals surface area contributed by atoms with Crippen molar-refractivity contribution in [3.8, 4) is 0 Å². The molecular weight excluding hydrogens is 261 g/mol. The summed E-state index contributed by atoms with van der Waals surface area (Å²) in [5.41, 5.74) is 0. The number of hydrogen-bond acceptors (Lipinski definition) is 3. The van der Waals surface area contributed by atoms with Crippen molar-refractivity contribution in [2.45, 2.75) is 70.6 Å². The van der Waals surface area contributed by atoms with Gasteiger partial charge in [-0.3, -0.25) is 4.79 Å². The zero-order valence-electron chi connectivity index (χ0n) is 11.3. The lowest BCUT2D eigenvalue weighted by molar-refractivity contribution is -0.141. The second-order valence-corrected chi connectivity index (χ2v) is 4.58. The first kappa shape index (κ1) is 18.2. The van der Waals surface area contributed by atoms with Gasteiger partial charge in [-0.1, -0.05) is 32.1 Å². The molecule has 0 aromatic carbocycles. The minimum absolute atomic E-state index is 0.0738. The Morgan fingerprint density at radius 3 is 2.11 bits per heavy atom. The summed E-state index contributed by atoms with van der Waals surface area (Å²) in [6.07, 6.45) is -2.46. The largest absolute Gasteiger partial charge is 0.466 e. The van der Waals surface area contributed by atoms with Crippen LogP contribution < -0.4 is 0 Å². The van der Waals surface area contributed by atoms with Crippen LogP contribution in [0.4, 0.5) is 13.2 Å². The molecule has 3 nitrogen and oxygen atoms in total. The van der Waals surface area contributed by atoms with Crippen molar-refractivity contribution in [2.24, 2.45) is 0 Å². The van der Waals surface area contributed by atoms with E-state index in [0.717, 1.165) is 32.1 Å². The molecule has 0 radical (unpaired) electrons. The Hall–Kier alpha value is -0.780. The third kappa shape index (κ3) is 10.8. The summed E-state index contributed by atoms with van der Waals surface area (Å²) in [5.74, 6) is -0.287. The number of hydrogen-bond donors (Lipinski definition) is 1. The highest BCUT2D eigenvalue weighted by Gasteiger charge is 2.27. The molecule has 6 heteroatoms. The van der Waals surface area contributed by atoms with Gasteiger partial charge in [0.05, 0.1) is 6.61 Å². The zero-order valence-corrected chi connectivity index (χ0v) is 11.3. The Kier molecular flexibility index (Phi) is 10.6. The first-order chi connectivity index (χ1) is 8.95. The third-order valence-corrected chi connectivity index (χ3v) is 2.79. The molecule has 0 heterocycles. The fourth-order valence-electron chi connectivity index (χ4n) is 1.70. The lowest BCUT2D eigenvalue weighted by Crippen LogP contribution is -2.27. The van der Waals surface area contributed by atoms with Crippen molar-refractivity contribution in [1.29, 1.82) is 0 Å². The molecule has 0 amide bonds. The number of esters is 1. The van der Waals surface area contributed by atoms with Gasteiger partial charge >= 0.3 is 5.97 Å². The van der Waals surface area contributed by atoms with Crippen LogP contribution in [0.2, 0.25) is 0 Å². The van der Waals surface area contributed by atoms with Gasteiger partial charge in [0.15, 0.2) is 6.17 Å². The van der Waals surface area contributed by atoms with Gasteiger partial charge < -0.3 is 9.84 Å². The highest BCUT2D eigenvalue weighted by Crippen LogP contribution is 2.17. The van der Waals surface area contributed by atoms with Crippen LogP contribution in [0.15, 0.2) is 0 Å². The number of aliphatic hydroxyl groups excluding tert-OH is 1. The van der Waals surface area contributed by atoms with E-state index in [9.17, 15) is 18.0 Å². The SMILES string of the molecule is CC(=O)OCCCCCCCCC(F)C(F)C(O)F. The Bertz CT molecular complexity index is 237. The predicted molar refractivity (Wildman–Crippen MR) is 65.9 cm³/mol. The van der Waals surface area contributed by atoms with E-state index >= 15 is 0 Å². The van der Waals surface area contributed by atoms with E-state index in [1.807, 2.05) is 0 Å². The summed E-state index contributed by atoms with van der Waals surface area (Å²) >= 11 is 0.